The van der Waals surface area contributed by atoms with E-state index in [1.807, 2.05) is 30.3 Å². The van der Waals surface area contributed by atoms with Gasteiger partial charge in [0.25, 0.3) is 0 Å². The second-order valence-electron chi connectivity index (χ2n) is 5.66. The van der Waals surface area contributed by atoms with E-state index in [1.165, 1.54) is 0 Å². The monoisotopic (exact) mass is 276 g/mol. The minimum atomic E-state index is -0.545. The molecule has 0 saturated heterocycles. The first-order chi connectivity index (χ1) is 9.59. The Labute approximate surface area is 120 Å². The van der Waals surface area contributed by atoms with Crippen molar-refractivity contribution in [2.24, 2.45) is 5.73 Å². The topological polar surface area (TPSA) is 66.6 Å². The average Bonchev–Trinajstić information content (AvgIpc) is 2.47. The standard InChI is InChI=1S/C16H24N2O2/c1-18(14-9-5-6-10-15(14)19)16(20)13(17)11-12-7-3-2-4-8-12/h2-4,7-8,13-15,19H,5-6,9-11,17H2,1H3/t13-,14?,15?/m1/s1. The molecule has 1 aromatic rings. The number of aliphatic hydroxyl groups is 1. The molecular formula is C16H24N2O2. The van der Waals surface area contributed by atoms with Gasteiger partial charge in [0.15, 0.2) is 0 Å². The van der Waals surface area contributed by atoms with E-state index in [-0.39, 0.29) is 11.9 Å². The second-order valence-corrected chi connectivity index (χ2v) is 5.66. The van der Waals surface area contributed by atoms with Gasteiger partial charge in [-0.25, -0.2) is 0 Å². The van der Waals surface area contributed by atoms with Crippen molar-refractivity contribution >= 4 is 5.91 Å². The predicted molar refractivity (Wildman–Crippen MR) is 79.2 cm³/mol. The normalized spacial score (nSPS) is 24.1. The summed E-state index contributed by atoms with van der Waals surface area (Å²) < 4.78 is 0. The third-order valence-electron chi connectivity index (χ3n) is 4.15. The summed E-state index contributed by atoms with van der Waals surface area (Å²) in [7, 11) is 1.76. The van der Waals surface area contributed by atoms with Crippen molar-refractivity contribution in [3.8, 4) is 0 Å². The molecule has 4 heteroatoms. The molecule has 0 aliphatic heterocycles. The van der Waals surface area contributed by atoms with Crippen molar-refractivity contribution in [1.29, 1.82) is 0 Å². The molecule has 20 heavy (non-hydrogen) atoms. The van der Waals surface area contributed by atoms with Crippen molar-refractivity contribution in [2.75, 3.05) is 7.05 Å². The molecule has 4 nitrogen and oxygen atoms in total. The number of aliphatic hydroxyl groups excluding tert-OH is 1. The SMILES string of the molecule is CN(C(=O)[C@H](N)Cc1ccccc1)C1CCCCC1O. The van der Waals surface area contributed by atoms with Crippen LogP contribution in [0.25, 0.3) is 0 Å². The average molecular weight is 276 g/mol. The van der Waals surface area contributed by atoms with E-state index in [4.69, 9.17) is 5.73 Å². The Balaban J connectivity index is 1.95. The van der Waals surface area contributed by atoms with Gasteiger partial charge in [-0.1, -0.05) is 43.2 Å². The highest BCUT2D eigenvalue weighted by Crippen LogP contribution is 2.22. The summed E-state index contributed by atoms with van der Waals surface area (Å²) in [6, 6.07) is 9.16. The maximum Gasteiger partial charge on any atom is 0.239 e. The maximum atomic E-state index is 12.4. The summed E-state index contributed by atoms with van der Waals surface area (Å²) >= 11 is 0. The van der Waals surface area contributed by atoms with Crippen LogP contribution >= 0.6 is 0 Å². The van der Waals surface area contributed by atoms with Gasteiger partial charge in [-0.2, -0.15) is 0 Å². The number of likely N-dealkylation sites (N-methyl/N-ethyl adjacent to an activating group) is 1. The van der Waals surface area contributed by atoms with Crippen molar-refractivity contribution < 1.29 is 9.90 Å². The van der Waals surface area contributed by atoms with Crippen LogP contribution in [0.2, 0.25) is 0 Å². The van der Waals surface area contributed by atoms with Gasteiger partial charge >= 0.3 is 0 Å². The van der Waals surface area contributed by atoms with E-state index in [0.717, 1.165) is 31.2 Å². The Kier molecular flexibility index (Phi) is 5.15. The Bertz CT molecular complexity index is 435. The molecule has 1 fully saturated rings. The number of hydrogen-bond donors (Lipinski definition) is 2. The fraction of sp³-hybridized carbons (Fsp3) is 0.562. The zero-order valence-electron chi connectivity index (χ0n) is 12.0. The molecular weight excluding hydrogens is 252 g/mol. The quantitative estimate of drug-likeness (QED) is 0.871. The van der Waals surface area contributed by atoms with Crippen molar-refractivity contribution in [2.45, 2.75) is 50.3 Å². The molecule has 110 valence electrons. The van der Waals surface area contributed by atoms with Gasteiger partial charge in [-0.15, -0.1) is 0 Å². The number of nitrogens with zero attached hydrogens (tertiary/aromatic N) is 1. The van der Waals surface area contributed by atoms with Crippen LogP contribution in [-0.4, -0.2) is 41.1 Å². The molecule has 2 rings (SSSR count). The smallest absolute Gasteiger partial charge is 0.239 e. The van der Waals surface area contributed by atoms with Crippen LogP contribution in [0.1, 0.15) is 31.2 Å². The predicted octanol–water partition coefficient (Wildman–Crippen LogP) is 1.32. The van der Waals surface area contributed by atoms with Gasteiger partial charge in [-0.3, -0.25) is 4.79 Å². The van der Waals surface area contributed by atoms with Gasteiger partial charge in [0.05, 0.1) is 18.2 Å². The van der Waals surface area contributed by atoms with E-state index < -0.39 is 12.1 Å². The molecule has 2 unspecified atom stereocenters. The second kappa shape index (κ2) is 6.86. The molecule has 0 spiro atoms. The number of benzene rings is 1. The van der Waals surface area contributed by atoms with Crippen molar-refractivity contribution in [1.82, 2.24) is 4.90 Å². The number of hydrogen-bond acceptors (Lipinski definition) is 3. The first-order valence-electron chi connectivity index (χ1n) is 7.34. The Morgan fingerprint density at radius 2 is 2.00 bits per heavy atom. The Morgan fingerprint density at radius 1 is 1.35 bits per heavy atom. The highest BCUT2D eigenvalue weighted by Gasteiger charge is 2.31. The van der Waals surface area contributed by atoms with E-state index in [1.54, 1.807) is 11.9 Å². The number of nitrogens with two attached hydrogens (primary N) is 1. The zero-order chi connectivity index (χ0) is 14.5. The molecule has 0 aromatic heterocycles. The minimum absolute atomic E-state index is 0.0835. The highest BCUT2D eigenvalue weighted by molar-refractivity contribution is 5.82. The molecule has 1 amide bonds. The molecule has 1 aliphatic rings. The van der Waals surface area contributed by atoms with Crippen LogP contribution in [0.15, 0.2) is 30.3 Å². The number of amides is 1. The fourth-order valence-corrected chi connectivity index (χ4v) is 2.92. The third kappa shape index (κ3) is 3.58. The summed E-state index contributed by atoms with van der Waals surface area (Å²) in [4.78, 5) is 14.0. The number of rotatable bonds is 4. The Hall–Kier alpha value is -1.39. The van der Waals surface area contributed by atoms with Gasteiger partial charge in [0, 0.05) is 7.05 Å². The van der Waals surface area contributed by atoms with Gasteiger partial charge in [-0.05, 0) is 24.8 Å². The van der Waals surface area contributed by atoms with Gasteiger partial charge in [0.2, 0.25) is 5.91 Å². The van der Waals surface area contributed by atoms with E-state index >= 15 is 0 Å². The molecule has 1 saturated carbocycles. The molecule has 1 aromatic carbocycles. The third-order valence-corrected chi connectivity index (χ3v) is 4.15. The molecule has 3 atom stereocenters. The lowest BCUT2D eigenvalue weighted by Crippen LogP contribution is -2.52. The summed E-state index contributed by atoms with van der Waals surface area (Å²) in [5.41, 5.74) is 7.09. The van der Waals surface area contributed by atoms with Gasteiger partial charge in [0.1, 0.15) is 0 Å². The van der Waals surface area contributed by atoms with Gasteiger partial charge < -0.3 is 15.7 Å². The van der Waals surface area contributed by atoms with Crippen molar-refractivity contribution in [3.63, 3.8) is 0 Å². The highest BCUT2D eigenvalue weighted by atomic mass is 16.3. The van der Waals surface area contributed by atoms with Crippen LogP contribution in [0.4, 0.5) is 0 Å². The molecule has 3 N–H and O–H groups in total. The summed E-state index contributed by atoms with van der Waals surface area (Å²) in [6.45, 7) is 0. The first kappa shape index (κ1) is 15.0. The van der Waals surface area contributed by atoms with Crippen LogP contribution in [0.5, 0.6) is 0 Å². The molecule has 0 heterocycles. The van der Waals surface area contributed by atoms with E-state index in [2.05, 4.69) is 0 Å². The fourth-order valence-electron chi connectivity index (χ4n) is 2.92. The summed E-state index contributed by atoms with van der Waals surface area (Å²) in [5.74, 6) is -0.0835. The molecule has 0 bridgehead atoms. The van der Waals surface area contributed by atoms with E-state index in [9.17, 15) is 9.90 Å². The lowest BCUT2D eigenvalue weighted by Gasteiger charge is -2.36. The lowest BCUT2D eigenvalue weighted by molar-refractivity contribution is -0.136. The molecule has 1 aliphatic carbocycles. The number of carbonyl (C=O) groups excluding carboxylic acids is 1. The van der Waals surface area contributed by atoms with Crippen molar-refractivity contribution in [3.05, 3.63) is 35.9 Å². The maximum absolute atomic E-state index is 12.4. The summed E-state index contributed by atoms with van der Waals surface area (Å²) in [6.07, 6.45) is 3.86. The number of carbonyl (C=O) groups is 1. The lowest BCUT2D eigenvalue weighted by atomic mass is 9.91. The zero-order valence-corrected chi connectivity index (χ0v) is 12.0. The largest absolute Gasteiger partial charge is 0.391 e. The van der Waals surface area contributed by atoms with Crippen LogP contribution in [0.3, 0.4) is 0 Å². The minimum Gasteiger partial charge on any atom is -0.391 e. The van der Waals surface area contributed by atoms with Crippen LogP contribution < -0.4 is 5.73 Å². The Morgan fingerprint density at radius 3 is 2.65 bits per heavy atom. The summed E-state index contributed by atoms with van der Waals surface area (Å²) in [5, 5.41) is 10.0. The van der Waals surface area contributed by atoms with Crippen LogP contribution in [-0.2, 0) is 11.2 Å². The van der Waals surface area contributed by atoms with E-state index in [0.29, 0.717) is 6.42 Å². The van der Waals surface area contributed by atoms with Crippen LogP contribution in [0, 0.1) is 0 Å². The first-order valence-corrected chi connectivity index (χ1v) is 7.34. The molecule has 0 radical (unpaired) electrons.